The minimum absolute atomic E-state index is 0.0541. The van der Waals surface area contributed by atoms with E-state index in [4.69, 9.17) is 14.2 Å². The number of benzene rings is 2. The fourth-order valence-electron chi connectivity index (χ4n) is 3.85. The fraction of sp³-hybridized carbons (Fsp3) is 0.409. The molecule has 3 rings (SSSR count). The van der Waals surface area contributed by atoms with Crippen molar-refractivity contribution < 1.29 is 33.2 Å². The van der Waals surface area contributed by atoms with E-state index >= 15 is 0 Å². The second kappa shape index (κ2) is 10.3. The Kier molecular flexibility index (Phi) is 7.48. The Hall–Kier alpha value is -2.84. The first-order valence-electron chi connectivity index (χ1n) is 10.0. The predicted molar refractivity (Wildman–Crippen MR) is 111 cm³/mol. The third-order valence-corrected chi connectivity index (χ3v) is 5.43. The number of ether oxygens (including phenoxy) is 3. The molecule has 30 heavy (non-hydrogen) atoms. The van der Waals surface area contributed by atoms with Crippen molar-refractivity contribution in [2.75, 3.05) is 59.4 Å². The van der Waals surface area contributed by atoms with Gasteiger partial charge in [0.05, 0.1) is 26.9 Å². The van der Waals surface area contributed by atoms with E-state index < -0.39 is 0 Å². The van der Waals surface area contributed by atoms with Crippen LogP contribution in [0.2, 0.25) is 0 Å². The maximum atomic E-state index is 13.0. The van der Waals surface area contributed by atoms with E-state index in [-0.39, 0.29) is 11.7 Å². The Morgan fingerprint density at radius 1 is 0.900 bits per heavy atom. The number of hydrogen-bond donors (Lipinski definition) is 3. The van der Waals surface area contributed by atoms with Gasteiger partial charge in [0.25, 0.3) is 5.91 Å². The molecule has 162 valence electrons. The molecule has 0 unspecified atom stereocenters. The van der Waals surface area contributed by atoms with Crippen LogP contribution in [0.25, 0.3) is 0 Å². The zero-order valence-electron chi connectivity index (χ0n) is 17.7. The van der Waals surface area contributed by atoms with Crippen molar-refractivity contribution in [2.45, 2.75) is 6.54 Å². The van der Waals surface area contributed by atoms with Crippen molar-refractivity contribution in [3.8, 4) is 17.2 Å². The van der Waals surface area contributed by atoms with Crippen LogP contribution >= 0.6 is 0 Å². The third kappa shape index (κ3) is 5.40. The highest BCUT2D eigenvalue weighted by molar-refractivity contribution is 5.91. The quantitative estimate of drug-likeness (QED) is 0.553. The van der Waals surface area contributed by atoms with E-state index in [1.807, 2.05) is 12.1 Å². The number of quaternary nitrogens is 2. The summed E-state index contributed by atoms with van der Waals surface area (Å²) in [5.74, 6) is 1.59. The van der Waals surface area contributed by atoms with Crippen LogP contribution in [0, 0.1) is 5.82 Å². The molecular weight excluding hydrogens is 389 g/mol. The van der Waals surface area contributed by atoms with Crippen LogP contribution in [0.15, 0.2) is 36.4 Å². The fourth-order valence-corrected chi connectivity index (χ4v) is 3.85. The Morgan fingerprint density at radius 2 is 1.53 bits per heavy atom. The van der Waals surface area contributed by atoms with Gasteiger partial charge >= 0.3 is 0 Å². The van der Waals surface area contributed by atoms with Gasteiger partial charge in [-0.25, -0.2) is 4.39 Å². The number of nitrogens with one attached hydrogen (secondary N) is 3. The first-order chi connectivity index (χ1) is 14.5. The number of methoxy groups -OCH3 is 3. The van der Waals surface area contributed by atoms with Crippen LogP contribution in [0.4, 0.5) is 10.1 Å². The maximum Gasteiger partial charge on any atom is 0.279 e. The number of carbonyl (C=O) groups excluding carboxylic acids is 1. The molecule has 1 fully saturated rings. The highest BCUT2D eigenvalue weighted by Crippen LogP contribution is 2.39. The van der Waals surface area contributed by atoms with Gasteiger partial charge in [-0.15, -0.1) is 0 Å². The van der Waals surface area contributed by atoms with Crippen molar-refractivity contribution in [3.05, 3.63) is 47.8 Å². The molecule has 0 aliphatic carbocycles. The zero-order chi connectivity index (χ0) is 21.5. The Bertz CT molecular complexity index is 852. The van der Waals surface area contributed by atoms with Gasteiger partial charge in [0.1, 0.15) is 38.5 Å². The van der Waals surface area contributed by atoms with E-state index in [0.717, 1.165) is 38.3 Å². The summed E-state index contributed by atoms with van der Waals surface area (Å²) in [7, 11) is 4.85. The van der Waals surface area contributed by atoms with E-state index in [1.54, 1.807) is 33.5 Å². The molecule has 1 amide bonds. The van der Waals surface area contributed by atoms with E-state index in [0.29, 0.717) is 29.5 Å². The number of piperazine rings is 1. The topological polar surface area (TPSA) is 65.7 Å². The third-order valence-electron chi connectivity index (χ3n) is 5.43. The number of amides is 1. The first-order valence-corrected chi connectivity index (χ1v) is 10.0. The lowest BCUT2D eigenvalue weighted by molar-refractivity contribution is -1.02. The summed E-state index contributed by atoms with van der Waals surface area (Å²) in [6.07, 6.45) is 0. The molecule has 0 bridgehead atoms. The molecule has 8 heteroatoms. The zero-order valence-corrected chi connectivity index (χ0v) is 17.7. The van der Waals surface area contributed by atoms with Crippen LogP contribution in [0.5, 0.6) is 17.2 Å². The van der Waals surface area contributed by atoms with Gasteiger partial charge in [0.15, 0.2) is 18.0 Å². The number of carbonyl (C=O) groups is 1. The molecule has 1 saturated heterocycles. The monoisotopic (exact) mass is 419 g/mol. The molecule has 3 N–H and O–H groups in total. The number of anilines is 1. The Balaban J connectivity index is 1.52. The summed E-state index contributed by atoms with van der Waals surface area (Å²) in [6, 6.07) is 9.74. The van der Waals surface area contributed by atoms with Crippen molar-refractivity contribution in [1.29, 1.82) is 0 Å². The maximum absolute atomic E-state index is 13.0. The summed E-state index contributed by atoms with van der Waals surface area (Å²) in [5.41, 5.74) is 1.69. The molecular formula is C22H30FN3O4+2. The van der Waals surface area contributed by atoms with Crippen LogP contribution < -0.4 is 29.3 Å². The normalized spacial score (nSPS) is 18.5. The standard InChI is InChI=1S/C22H28FN3O4/c1-28-19-9-4-16(21(29-2)22(19)30-3)14-25-10-12-26(13-11-25)15-20(27)24-18-7-5-17(23)6-8-18/h4-9H,10-15H2,1-3H3,(H,24,27)/p+2. The van der Waals surface area contributed by atoms with Crippen LogP contribution in [-0.2, 0) is 11.3 Å². The molecule has 2 aromatic rings. The van der Waals surface area contributed by atoms with Crippen molar-refractivity contribution >= 4 is 11.6 Å². The largest absolute Gasteiger partial charge is 0.493 e. The van der Waals surface area contributed by atoms with Crippen LogP contribution in [0.3, 0.4) is 0 Å². The summed E-state index contributed by atoms with van der Waals surface area (Å²) < 4.78 is 29.4. The molecule has 2 aromatic carbocycles. The molecule has 0 saturated carbocycles. The minimum atomic E-state index is -0.316. The van der Waals surface area contributed by atoms with Crippen LogP contribution in [-0.4, -0.2) is 60.0 Å². The molecule has 0 atom stereocenters. The molecule has 0 spiro atoms. The lowest BCUT2D eigenvalue weighted by Crippen LogP contribution is -3.28. The summed E-state index contributed by atoms with van der Waals surface area (Å²) in [4.78, 5) is 15.0. The molecule has 7 nitrogen and oxygen atoms in total. The highest BCUT2D eigenvalue weighted by atomic mass is 19.1. The second-order valence-corrected chi connectivity index (χ2v) is 7.40. The number of halogens is 1. The Morgan fingerprint density at radius 3 is 2.13 bits per heavy atom. The summed E-state index contributed by atoms with van der Waals surface area (Å²) >= 11 is 0. The van der Waals surface area contributed by atoms with Gasteiger partial charge < -0.3 is 29.3 Å². The molecule has 0 aromatic heterocycles. The van der Waals surface area contributed by atoms with Gasteiger partial charge in [-0.2, -0.15) is 0 Å². The lowest BCUT2D eigenvalue weighted by atomic mass is 10.1. The molecule has 1 aliphatic rings. The molecule has 1 aliphatic heterocycles. The van der Waals surface area contributed by atoms with Gasteiger partial charge in [-0.05, 0) is 36.4 Å². The van der Waals surface area contributed by atoms with Crippen molar-refractivity contribution in [2.24, 2.45) is 0 Å². The van der Waals surface area contributed by atoms with E-state index in [2.05, 4.69) is 5.32 Å². The van der Waals surface area contributed by atoms with Gasteiger partial charge in [0.2, 0.25) is 5.75 Å². The molecule has 1 heterocycles. The Labute approximate surface area is 176 Å². The summed E-state index contributed by atoms with van der Waals surface area (Å²) in [6.45, 7) is 4.94. The smallest absolute Gasteiger partial charge is 0.279 e. The number of rotatable bonds is 8. The van der Waals surface area contributed by atoms with Gasteiger partial charge in [0, 0.05) is 5.69 Å². The van der Waals surface area contributed by atoms with Crippen molar-refractivity contribution in [3.63, 3.8) is 0 Å². The second-order valence-electron chi connectivity index (χ2n) is 7.40. The van der Waals surface area contributed by atoms with Crippen molar-refractivity contribution in [1.82, 2.24) is 0 Å². The average Bonchev–Trinajstić information content (AvgIpc) is 2.76. The first kappa shape index (κ1) is 21.9. The van der Waals surface area contributed by atoms with Gasteiger partial charge in [-0.3, -0.25) is 4.79 Å². The predicted octanol–water partition coefficient (Wildman–Crippen LogP) is -0.226. The lowest BCUT2D eigenvalue weighted by Gasteiger charge is -2.29. The summed E-state index contributed by atoms with van der Waals surface area (Å²) in [5, 5.41) is 2.83. The van der Waals surface area contributed by atoms with Crippen LogP contribution in [0.1, 0.15) is 5.56 Å². The van der Waals surface area contributed by atoms with E-state index in [9.17, 15) is 9.18 Å². The average molecular weight is 419 g/mol. The minimum Gasteiger partial charge on any atom is -0.493 e. The molecule has 0 radical (unpaired) electrons. The number of hydrogen-bond acceptors (Lipinski definition) is 4. The van der Waals surface area contributed by atoms with Gasteiger partial charge in [-0.1, -0.05) is 0 Å². The SMILES string of the molecule is COc1ccc(C[NH+]2CC[NH+](CC(=O)Nc3ccc(F)cc3)CC2)c(OC)c1OC. The highest BCUT2D eigenvalue weighted by Gasteiger charge is 2.27. The van der Waals surface area contributed by atoms with E-state index in [1.165, 1.54) is 21.9 Å².